The summed E-state index contributed by atoms with van der Waals surface area (Å²) in [5, 5.41) is 3.70. The van der Waals surface area contributed by atoms with Crippen LogP contribution in [0.2, 0.25) is 0 Å². The number of hydrogen-bond acceptors (Lipinski definition) is 2. The molecule has 1 heterocycles. The van der Waals surface area contributed by atoms with Crippen LogP contribution in [0.4, 0.5) is 0 Å². The van der Waals surface area contributed by atoms with Crippen molar-refractivity contribution in [3.05, 3.63) is 12.7 Å². The summed E-state index contributed by atoms with van der Waals surface area (Å²) in [5.74, 6) is 0. The smallest absolute Gasteiger partial charge is 0.00966 e. The van der Waals surface area contributed by atoms with Gasteiger partial charge in [0, 0.05) is 18.1 Å². The van der Waals surface area contributed by atoms with Crippen LogP contribution >= 0.6 is 0 Å². The highest BCUT2D eigenvalue weighted by Crippen LogP contribution is 2.17. The normalized spacial score (nSPS) is 30.1. The lowest BCUT2D eigenvalue weighted by molar-refractivity contribution is 0.139. The lowest BCUT2D eigenvalue weighted by Crippen LogP contribution is -2.49. The Labute approximate surface area is 94.7 Å². The van der Waals surface area contributed by atoms with Crippen LogP contribution in [0.1, 0.15) is 40.0 Å². The zero-order valence-corrected chi connectivity index (χ0v) is 10.5. The van der Waals surface area contributed by atoms with Crippen LogP contribution in [0.15, 0.2) is 12.7 Å². The molecule has 1 saturated heterocycles. The van der Waals surface area contributed by atoms with E-state index in [4.69, 9.17) is 0 Å². The molecule has 0 amide bonds. The van der Waals surface area contributed by atoms with E-state index in [1.807, 2.05) is 6.08 Å². The van der Waals surface area contributed by atoms with E-state index in [-0.39, 0.29) is 0 Å². The summed E-state index contributed by atoms with van der Waals surface area (Å²) in [7, 11) is 0. The van der Waals surface area contributed by atoms with Gasteiger partial charge in [0.15, 0.2) is 0 Å². The Morgan fingerprint density at radius 2 is 2.33 bits per heavy atom. The maximum Gasteiger partial charge on any atom is 0.00966 e. The van der Waals surface area contributed by atoms with Crippen molar-refractivity contribution in [3.8, 4) is 0 Å². The zero-order valence-electron chi connectivity index (χ0n) is 10.5. The number of nitrogens with one attached hydrogen (secondary N) is 1. The van der Waals surface area contributed by atoms with Gasteiger partial charge in [0.05, 0.1) is 0 Å². The summed E-state index contributed by atoms with van der Waals surface area (Å²) >= 11 is 0. The first-order valence-corrected chi connectivity index (χ1v) is 6.28. The van der Waals surface area contributed by atoms with E-state index in [0.29, 0.717) is 12.1 Å². The third-order valence-electron chi connectivity index (χ3n) is 3.46. The summed E-state index contributed by atoms with van der Waals surface area (Å²) < 4.78 is 0. The predicted octanol–water partition coefficient (Wildman–Crippen LogP) is 2.41. The van der Waals surface area contributed by atoms with Crippen LogP contribution < -0.4 is 5.32 Å². The van der Waals surface area contributed by atoms with Crippen LogP contribution in [-0.4, -0.2) is 36.1 Å². The fourth-order valence-corrected chi connectivity index (χ4v) is 2.56. The second kappa shape index (κ2) is 6.29. The van der Waals surface area contributed by atoms with Gasteiger partial charge in [-0.05, 0) is 46.2 Å². The molecule has 0 aliphatic carbocycles. The van der Waals surface area contributed by atoms with Crippen molar-refractivity contribution in [1.82, 2.24) is 10.2 Å². The Morgan fingerprint density at radius 1 is 1.60 bits per heavy atom. The minimum atomic E-state index is 0.577. The van der Waals surface area contributed by atoms with Gasteiger partial charge < -0.3 is 10.2 Å². The summed E-state index contributed by atoms with van der Waals surface area (Å²) in [4.78, 5) is 2.57. The van der Waals surface area contributed by atoms with Crippen molar-refractivity contribution in [2.75, 3.05) is 13.1 Å². The SMILES string of the molecule is C=CCC(C)NC1CCN(CC)C(C)C1. The minimum absolute atomic E-state index is 0.577. The van der Waals surface area contributed by atoms with Crippen LogP contribution in [0.5, 0.6) is 0 Å². The van der Waals surface area contributed by atoms with Gasteiger partial charge in [-0.1, -0.05) is 13.0 Å². The second-order valence-electron chi connectivity index (χ2n) is 4.79. The molecule has 1 fully saturated rings. The Kier molecular flexibility index (Phi) is 5.34. The lowest BCUT2D eigenvalue weighted by atomic mass is 9.97. The lowest BCUT2D eigenvalue weighted by Gasteiger charge is -2.38. The number of piperidine rings is 1. The number of likely N-dealkylation sites (tertiary alicyclic amines) is 1. The van der Waals surface area contributed by atoms with Gasteiger partial charge >= 0.3 is 0 Å². The van der Waals surface area contributed by atoms with Gasteiger partial charge in [0.1, 0.15) is 0 Å². The first kappa shape index (κ1) is 12.7. The fourth-order valence-electron chi connectivity index (χ4n) is 2.56. The molecule has 0 radical (unpaired) electrons. The molecule has 1 rings (SSSR count). The zero-order chi connectivity index (χ0) is 11.3. The molecule has 3 atom stereocenters. The van der Waals surface area contributed by atoms with E-state index in [1.54, 1.807) is 0 Å². The molecule has 2 heteroatoms. The summed E-state index contributed by atoms with van der Waals surface area (Å²) in [5.41, 5.74) is 0. The van der Waals surface area contributed by atoms with E-state index in [2.05, 4.69) is 37.6 Å². The Morgan fingerprint density at radius 3 is 2.87 bits per heavy atom. The van der Waals surface area contributed by atoms with Gasteiger partial charge in [0.2, 0.25) is 0 Å². The summed E-state index contributed by atoms with van der Waals surface area (Å²) in [6.45, 7) is 13.1. The Balaban J connectivity index is 2.31. The summed E-state index contributed by atoms with van der Waals surface area (Å²) in [6.07, 6.45) is 5.65. The highest BCUT2D eigenvalue weighted by molar-refractivity contribution is 4.85. The first-order chi connectivity index (χ1) is 7.17. The van der Waals surface area contributed by atoms with Crippen molar-refractivity contribution in [2.24, 2.45) is 0 Å². The van der Waals surface area contributed by atoms with E-state index < -0.39 is 0 Å². The van der Waals surface area contributed by atoms with Gasteiger partial charge in [0.25, 0.3) is 0 Å². The maximum atomic E-state index is 3.79. The largest absolute Gasteiger partial charge is 0.311 e. The number of rotatable bonds is 5. The molecule has 0 aromatic heterocycles. The standard InChI is InChI=1S/C13H26N2/c1-5-7-11(3)14-13-8-9-15(6-2)12(4)10-13/h5,11-14H,1,6-10H2,2-4H3. The van der Waals surface area contributed by atoms with Crippen molar-refractivity contribution in [2.45, 2.75) is 58.2 Å². The molecule has 0 spiro atoms. The molecule has 2 nitrogen and oxygen atoms in total. The molecule has 1 aliphatic heterocycles. The van der Waals surface area contributed by atoms with Crippen LogP contribution in [0.25, 0.3) is 0 Å². The van der Waals surface area contributed by atoms with Gasteiger partial charge in [-0.25, -0.2) is 0 Å². The quantitative estimate of drug-likeness (QED) is 0.701. The topological polar surface area (TPSA) is 15.3 Å². The molecule has 0 aromatic rings. The molecule has 15 heavy (non-hydrogen) atoms. The molecule has 0 bridgehead atoms. The fraction of sp³-hybridized carbons (Fsp3) is 0.846. The van der Waals surface area contributed by atoms with E-state index >= 15 is 0 Å². The highest BCUT2D eigenvalue weighted by Gasteiger charge is 2.24. The van der Waals surface area contributed by atoms with Gasteiger partial charge in [-0.15, -0.1) is 6.58 Å². The molecule has 88 valence electrons. The molecular weight excluding hydrogens is 184 g/mol. The molecule has 0 aromatic carbocycles. The van der Waals surface area contributed by atoms with Crippen molar-refractivity contribution in [1.29, 1.82) is 0 Å². The van der Waals surface area contributed by atoms with E-state index in [1.165, 1.54) is 25.9 Å². The van der Waals surface area contributed by atoms with Crippen molar-refractivity contribution < 1.29 is 0 Å². The predicted molar refractivity (Wildman–Crippen MR) is 67.1 cm³/mol. The van der Waals surface area contributed by atoms with E-state index in [9.17, 15) is 0 Å². The Hall–Kier alpha value is -0.340. The van der Waals surface area contributed by atoms with Crippen molar-refractivity contribution in [3.63, 3.8) is 0 Å². The van der Waals surface area contributed by atoms with Crippen LogP contribution in [-0.2, 0) is 0 Å². The maximum absolute atomic E-state index is 3.79. The Bertz CT molecular complexity index is 191. The average Bonchev–Trinajstić information content (AvgIpc) is 2.18. The third-order valence-corrected chi connectivity index (χ3v) is 3.46. The monoisotopic (exact) mass is 210 g/mol. The number of nitrogens with zero attached hydrogens (tertiary/aromatic N) is 1. The van der Waals surface area contributed by atoms with Crippen molar-refractivity contribution >= 4 is 0 Å². The second-order valence-corrected chi connectivity index (χ2v) is 4.79. The third kappa shape index (κ3) is 3.96. The average molecular weight is 210 g/mol. The molecule has 0 saturated carbocycles. The number of hydrogen-bond donors (Lipinski definition) is 1. The van der Waals surface area contributed by atoms with Crippen LogP contribution in [0.3, 0.4) is 0 Å². The van der Waals surface area contributed by atoms with E-state index in [0.717, 1.165) is 12.5 Å². The molecule has 1 N–H and O–H groups in total. The van der Waals surface area contributed by atoms with Gasteiger partial charge in [-0.2, -0.15) is 0 Å². The first-order valence-electron chi connectivity index (χ1n) is 6.28. The molecule has 3 unspecified atom stereocenters. The minimum Gasteiger partial charge on any atom is -0.311 e. The molecular formula is C13H26N2. The molecule has 1 aliphatic rings. The van der Waals surface area contributed by atoms with Crippen LogP contribution in [0, 0.1) is 0 Å². The highest BCUT2D eigenvalue weighted by atomic mass is 15.2. The van der Waals surface area contributed by atoms with Gasteiger partial charge in [-0.3, -0.25) is 0 Å². The summed E-state index contributed by atoms with van der Waals surface area (Å²) in [6, 6.07) is 2.02.